The van der Waals surface area contributed by atoms with Gasteiger partial charge in [-0.3, -0.25) is 4.79 Å². The zero-order valence-electron chi connectivity index (χ0n) is 15.5. The molecule has 1 aromatic heterocycles. The molecular formula is C23H21Cl2NO2. The second-order valence-electron chi connectivity index (χ2n) is 6.43. The number of benzene rings is 2. The summed E-state index contributed by atoms with van der Waals surface area (Å²) in [4.78, 5) is 12.1. The summed E-state index contributed by atoms with van der Waals surface area (Å²) in [6.07, 6.45) is 6.45. The van der Waals surface area contributed by atoms with Gasteiger partial charge in [0, 0.05) is 17.3 Å². The summed E-state index contributed by atoms with van der Waals surface area (Å²) in [7, 11) is 0. The lowest BCUT2D eigenvalue weighted by Gasteiger charge is -2.04. The average Bonchev–Trinajstić information content (AvgIpc) is 3.17. The van der Waals surface area contributed by atoms with Gasteiger partial charge in [-0.25, -0.2) is 0 Å². The van der Waals surface area contributed by atoms with Gasteiger partial charge < -0.3 is 9.73 Å². The second-order valence-corrected chi connectivity index (χ2v) is 7.21. The molecule has 2 aromatic carbocycles. The van der Waals surface area contributed by atoms with Crippen molar-refractivity contribution in [2.24, 2.45) is 0 Å². The zero-order valence-corrected chi connectivity index (χ0v) is 17.1. The van der Waals surface area contributed by atoms with E-state index in [0.29, 0.717) is 27.1 Å². The molecule has 1 heterocycles. The van der Waals surface area contributed by atoms with E-state index in [4.69, 9.17) is 27.6 Å². The summed E-state index contributed by atoms with van der Waals surface area (Å²) in [6.45, 7) is 2.17. The highest BCUT2D eigenvalue weighted by molar-refractivity contribution is 6.43. The van der Waals surface area contributed by atoms with E-state index in [2.05, 4.69) is 12.2 Å². The fourth-order valence-electron chi connectivity index (χ4n) is 2.76. The highest BCUT2D eigenvalue weighted by atomic mass is 35.5. The molecule has 0 aliphatic carbocycles. The Hall–Kier alpha value is -2.49. The minimum Gasteiger partial charge on any atom is -0.457 e. The van der Waals surface area contributed by atoms with E-state index >= 15 is 0 Å². The lowest BCUT2D eigenvalue weighted by molar-refractivity contribution is -0.111. The van der Waals surface area contributed by atoms with Gasteiger partial charge in [-0.2, -0.15) is 0 Å². The normalized spacial score (nSPS) is 11.1. The van der Waals surface area contributed by atoms with E-state index in [1.54, 1.807) is 24.3 Å². The average molecular weight is 414 g/mol. The van der Waals surface area contributed by atoms with Crippen LogP contribution < -0.4 is 5.32 Å². The Kier molecular flexibility index (Phi) is 6.96. The number of hydrogen-bond donors (Lipinski definition) is 1. The van der Waals surface area contributed by atoms with Gasteiger partial charge in [0.15, 0.2) is 0 Å². The summed E-state index contributed by atoms with van der Waals surface area (Å²) in [6, 6.07) is 16.9. The number of aryl methyl sites for hydroxylation is 1. The molecule has 3 aromatic rings. The number of unbranched alkanes of at least 4 members (excludes halogenated alkanes) is 1. The fraction of sp³-hybridized carbons (Fsp3) is 0.174. The standard InChI is InChI=1S/C23H21Cl2NO2/c1-2-3-5-16-8-10-17(11-9-16)26-22(27)15-13-18-12-14-21(28-18)19-6-4-7-20(24)23(19)25/h4,6-15H,2-3,5H2,1H3,(H,26,27)/b15-13+. The molecule has 0 radical (unpaired) electrons. The van der Waals surface area contributed by atoms with Gasteiger partial charge >= 0.3 is 0 Å². The van der Waals surface area contributed by atoms with Crippen molar-refractivity contribution in [1.82, 2.24) is 0 Å². The Morgan fingerprint density at radius 3 is 2.61 bits per heavy atom. The first-order chi connectivity index (χ1) is 13.6. The summed E-state index contributed by atoms with van der Waals surface area (Å²) in [5, 5.41) is 3.75. The molecular weight excluding hydrogens is 393 g/mol. The van der Waals surface area contributed by atoms with Crippen molar-refractivity contribution in [2.75, 3.05) is 5.32 Å². The predicted octanol–water partition coefficient (Wildman–Crippen LogP) is 7.25. The maximum Gasteiger partial charge on any atom is 0.248 e. The fourth-order valence-corrected chi connectivity index (χ4v) is 3.15. The van der Waals surface area contributed by atoms with Crippen LogP contribution in [0.2, 0.25) is 10.0 Å². The Labute approximate surface area is 175 Å². The SMILES string of the molecule is CCCCc1ccc(NC(=O)/C=C/c2ccc(-c3cccc(Cl)c3Cl)o2)cc1. The third-order valence-corrected chi connectivity index (χ3v) is 5.10. The molecule has 0 fully saturated rings. The van der Waals surface area contributed by atoms with Crippen molar-refractivity contribution in [3.8, 4) is 11.3 Å². The van der Waals surface area contributed by atoms with Crippen molar-refractivity contribution in [3.63, 3.8) is 0 Å². The van der Waals surface area contributed by atoms with Gasteiger partial charge in [-0.05, 0) is 60.9 Å². The first kappa shape index (κ1) is 20.2. The Morgan fingerprint density at radius 1 is 1.07 bits per heavy atom. The zero-order chi connectivity index (χ0) is 19.9. The Bertz CT molecular complexity index is 975. The van der Waals surface area contributed by atoms with E-state index < -0.39 is 0 Å². The van der Waals surface area contributed by atoms with E-state index in [9.17, 15) is 4.79 Å². The Balaban J connectivity index is 1.62. The minimum atomic E-state index is -0.222. The molecule has 28 heavy (non-hydrogen) atoms. The number of anilines is 1. The lowest BCUT2D eigenvalue weighted by Crippen LogP contribution is -2.07. The van der Waals surface area contributed by atoms with Gasteiger partial charge in [-0.1, -0.05) is 54.7 Å². The Morgan fingerprint density at radius 2 is 1.86 bits per heavy atom. The molecule has 0 saturated carbocycles. The third-order valence-electron chi connectivity index (χ3n) is 4.28. The van der Waals surface area contributed by atoms with Crippen LogP contribution in [0.5, 0.6) is 0 Å². The number of carbonyl (C=O) groups is 1. The largest absolute Gasteiger partial charge is 0.457 e. The van der Waals surface area contributed by atoms with E-state index in [1.165, 1.54) is 24.5 Å². The van der Waals surface area contributed by atoms with Crippen molar-refractivity contribution in [3.05, 3.63) is 82.0 Å². The highest BCUT2D eigenvalue weighted by Crippen LogP contribution is 2.34. The third kappa shape index (κ3) is 5.28. The lowest BCUT2D eigenvalue weighted by atomic mass is 10.1. The van der Waals surface area contributed by atoms with Crippen LogP contribution >= 0.6 is 23.2 Å². The van der Waals surface area contributed by atoms with Crippen molar-refractivity contribution >= 4 is 40.9 Å². The van der Waals surface area contributed by atoms with Crippen molar-refractivity contribution in [2.45, 2.75) is 26.2 Å². The second kappa shape index (κ2) is 9.63. The number of amides is 1. The minimum absolute atomic E-state index is 0.222. The van der Waals surface area contributed by atoms with E-state index in [-0.39, 0.29) is 5.91 Å². The van der Waals surface area contributed by atoms with Gasteiger partial charge in [0.1, 0.15) is 11.5 Å². The molecule has 0 aliphatic rings. The van der Waals surface area contributed by atoms with Gasteiger partial charge in [-0.15, -0.1) is 0 Å². The first-order valence-electron chi connectivity index (χ1n) is 9.19. The summed E-state index contributed by atoms with van der Waals surface area (Å²) >= 11 is 12.3. The topological polar surface area (TPSA) is 42.2 Å². The van der Waals surface area contributed by atoms with E-state index in [0.717, 1.165) is 12.1 Å². The van der Waals surface area contributed by atoms with Crippen LogP contribution in [0.25, 0.3) is 17.4 Å². The van der Waals surface area contributed by atoms with Crippen LogP contribution in [-0.2, 0) is 11.2 Å². The number of hydrogen-bond acceptors (Lipinski definition) is 2. The van der Waals surface area contributed by atoms with Gasteiger partial charge in [0.25, 0.3) is 0 Å². The first-order valence-corrected chi connectivity index (χ1v) is 9.94. The molecule has 144 valence electrons. The molecule has 0 unspecified atom stereocenters. The van der Waals surface area contributed by atoms with Crippen molar-refractivity contribution in [1.29, 1.82) is 0 Å². The maximum atomic E-state index is 12.1. The maximum absolute atomic E-state index is 12.1. The number of rotatable bonds is 7. The van der Waals surface area contributed by atoms with Crippen LogP contribution in [0.1, 0.15) is 31.1 Å². The van der Waals surface area contributed by atoms with Crippen molar-refractivity contribution < 1.29 is 9.21 Å². The quantitative estimate of drug-likeness (QED) is 0.414. The molecule has 1 amide bonds. The van der Waals surface area contributed by atoms with E-state index in [1.807, 2.05) is 36.4 Å². The van der Waals surface area contributed by atoms with Crippen LogP contribution in [0.3, 0.4) is 0 Å². The summed E-state index contributed by atoms with van der Waals surface area (Å²) in [5.41, 5.74) is 2.75. The monoisotopic (exact) mass is 413 g/mol. The number of halogens is 2. The predicted molar refractivity (Wildman–Crippen MR) is 117 cm³/mol. The molecule has 0 bridgehead atoms. The number of carbonyl (C=O) groups excluding carboxylic acids is 1. The molecule has 0 aliphatic heterocycles. The highest BCUT2D eigenvalue weighted by Gasteiger charge is 2.10. The summed E-state index contributed by atoms with van der Waals surface area (Å²) < 4.78 is 5.75. The molecule has 0 spiro atoms. The molecule has 3 nitrogen and oxygen atoms in total. The molecule has 5 heteroatoms. The molecule has 1 N–H and O–H groups in total. The summed E-state index contributed by atoms with van der Waals surface area (Å²) in [5.74, 6) is 0.923. The van der Waals surface area contributed by atoms with Crippen LogP contribution in [0.15, 0.2) is 65.1 Å². The number of furan rings is 1. The van der Waals surface area contributed by atoms with Crippen LogP contribution in [-0.4, -0.2) is 5.91 Å². The molecule has 3 rings (SSSR count). The smallest absolute Gasteiger partial charge is 0.248 e. The van der Waals surface area contributed by atoms with Gasteiger partial charge in [0.2, 0.25) is 5.91 Å². The number of nitrogens with one attached hydrogen (secondary N) is 1. The molecule has 0 saturated heterocycles. The molecule has 0 atom stereocenters. The van der Waals surface area contributed by atoms with Crippen LogP contribution in [0.4, 0.5) is 5.69 Å². The van der Waals surface area contributed by atoms with Crippen LogP contribution in [0, 0.1) is 0 Å². The van der Waals surface area contributed by atoms with Gasteiger partial charge in [0.05, 0.1) is 10.0 Å².